The number of nitrogens with one attached hydrogen (secondary N) is 1. The van der Waals surface area contributed by atoms with Gasteiger partial charge in [-0.1, -0.05) is 6.42 Å². The summed E-state index contributed by atoms with van der Waals surface area (Å²) in [6.07, 6.45) is 7.25. The van der Waals surface area contributed by atoms with Gasteiger partial charge in [0.05, 0.1) is 6.10 Å². The van der Waals surface area contributed by atoms with Gasteiger partial charge in [-0.25, -0.2) is 0 Å². The maximum absolute atomic E-state index is 5.56. The van der Waals surface area contributed by atoms with E-state index in [0.717, 1.165) is 0 Å². The molecule has 2 nitrogen and oxygen atoms in total. The van der Waals surface area contributed by atoms with Gasteiger partial charge in [-0.2, -0.15) is 0 Å². The zero-order chi connectivity index (χ0) is 8.44. The van der Waals surface area contributed by atoms with Crippen LogP contribution in [0.4, 0.5) is 0 Å². The fourth-order valence-electron chi connectivity index (χ4n) is 2.95. The number of piperidine rings is 1. The summed E-state index contributed by atoms with van der Waals surface area (Å²) in [5, 5.41) is 3.50. The average molecular weight is 206 g/mol. The first-order chi connectivity index (χ1) is 5.87. The largest absolute Gasteiger partial charge is 0.381 e. The van der Waals surface area contributed by atoms with Crippen molar-refractivity contribution in [3.05, 3.63) is 0 Å². The van der Waals surface area contributed by atoms with Crippen LogP contribution >= 0.6 is 12.4 Å². The SMILES string of the molecule is CO[C@@H]1CCC[C@@]12CCCNC2.Cl. The Hall–Kier alpha value is 0.210. The van der Waals surface area contributed by atoms with Crippen LogP contribution in [-0.4, -0.2) is 26.3 Å². The monoisotopic (exact) mass is 205 g/mol. The standard InChI is InChI=1S/C10H19NO.ClH/c1-12-9-4-2-5-10(9)6-3-7-11-8-10;/h9,11H,2-8H2,1H3;1H/t9-,10+;/m1./s1. The number of halogens is 1. The normalized spacial score (nSPS) is 39.0. The topological polar surface area (TPSA) is 21.3 Å². The molecular weight excluding hydrogens is 186 g/mol. The molecule has 78 valence electrons. The summed E-state index contributed by atoms with van der Waals surface area (Å²) in [6, 6.07) is 0. The van der Waals surface area contributed by atoms with Crippen molar-refractivity contribution >= 4 is 12.4 Å². The fourth-order valence-corrected chi connectivity index (χ4v) is 2.95. The van der Waals surface area contributed by atoms with Crippen LogP contribution in [0.25, 0.3) is 0 Å². The first kappa shape index (κ1) is 11.3. The van der Waals surface area contributed by atoms with E-state index in [1.165, 1.54) is 45.2 Å². The summed E-state index contributed by atoms with van der Waals surface area (Å²) < 4.78 is 5.56. The molecule has 1 saturated carbocycles. The Labute approximate surface area is 86.8 Å². The lowest BCUT2D eigenvalue weighted by Crippen LogP contribution is -2.45. The lowest BCUT2D eigenvalue weighted by atomic mass is 9.77. The minimum absolute atomic E-state index is 0. The van der Waals surface area contributed by atoms with Crippen LogP contribution in [0, 0.1) is 5.41 Å². The Morgan fingerprint density at radius 3 is 2.69 bits per heavy atom. The van der Waals surface area contributed by atoms with Crippen LogP contribution in [0.3, 0.4) is 0 Å². The second-order valence-electron chi connectivity index (χ2n) is 4.26. The molecule has 0 aromatic rings. The molecule has 13 heavy (non-hydrogen) atoms. The molecule has 1 saturated heterocycles. The summed E-state index contributed by atoms with van der Waals surface area (Å²) in [6.45, 7) is 2.39. The van der Waals surface area contributed by atoms with Crippen LogP contribution in [0.2, 0.25) is 0 Å². The van der Waals surface area contributed by atoms with E-state index in [1.54, 1.807) is 0 Å². The summed E-state index contributed by atoms with van der Waals surface area (Å²) in [7, 11) is 1.87. The van der Waals surface area contributed by atoms with Gasteiger partial charge >= 0.3 is 0 Å². The van der Waals surface area contributed by atoms with Crippen LogP contribution < -0.4 is 5.32 Å². The van der Waals surface area contributed by atoms with Crippen molar-refractivity contribution in [2.24, 2.45) is 5.41 Å². The molecule has 1 heterocycles. The molecule has 0 aromatic heterocycles. The molecule has 2 fully saturated rings. The zero-order valence-electron chi connectivity index (χ0n) is 8.34. The second kappa shape index (κ2) is 4.63. The lowest BCUT2D eigenvalue weighted by molar-refractivity contribution is -0.00325. The number of ether oxygens (including phenoxy) is 1. The maximum Gasteiger partial charge on any atom is 0.0639 e. The summed E-state index contributed by atoms with van der Waals surface area (Å²) in [5.74, 6) is 0. The van der Waals surface area contributed by atoms with E-state index in [-0.39, 0.29) is 12.4 Å². The van der Waals surface area contributed by atoms with Crippen molar-refractivity contribution in [2.75, 3.05) is 20.2 Å². The van der Waals surface area contributed by atoms with Gasteiger partial charge in [0, 0.05) is 19.1 Å². The third kappa shape index (κ3) is 2.00. The Bertz CT molecular complexity index is 157. The molecular formula is C10H20ClNO. The molecule has 1 N–H and O–H groups in total. The van der Waals surface area contributed by atoms with E-state index < -0.39 is 0 Å². The number of hydrogen-bond acceptors (Lipinski definition) is 2. The molecule has 0 amide bonds. The Balaban J connectivity index is 0.000000845. The van der Waals surface area contributed by atoms with E-state index in [2.05, 4.69) is 5.32 Å². The van der Waals surface area contributed by atoms with Crippen molar-refractivity contribution in [1.82, 2.24) is 5.32 Å². The van der Waals surface area contributed by atoms with Gasteiger partial charge in [0.2, 0.25) is 0 Å². The lowest BCUT2D eigenvalue weighted by Gasteiger charge is -2.38. The highest BCUT2D eigenvalue weighted by Gasteiger charge is 2.43. The minimum Gasteiger partial charge on any atom is -0.381 e. The van der Waals surface area contributed by atoms with E-state index >= 15 is 0 Å². The molecule has 2 aliphatic rings. The van der Waals surface area contributed by atoms with Gasteiger partial charge < -0.3 is 10.1 Å². The van der Waals surface area contributed by atoms with Gasteiger partial charge in [-0.3, -0.25) is 0 Å². The van der Waals surface area contributed by atoms with E-state index in [9.17, 15) is 0 Å². The van der Waals surface area contributed by atoms with E-state index in [4.69, 9.17) is 4.74 Å². The number of hydrogen-bond donors (Lipinski definition) is 1. The van der Waals surface area contributed by atoms with Gasteiger partial charge in [-0.05, 0) is 32.2 Å². The van der Waals surface area contributed by atoms with Crippen molar-refractivity contribution in [1.29, 1.82) is 0 Å². The maximum atomic E-state index is 5.56. The van der Waals surface area contributed by atoms with Gasteiger partial charge in [0.1, 0.15) is 0 Å². The first-order valence-electron chi connectivity index (χ1n) is 5.11. The molecule has 3 heteroatoms. The highest BCUT2D eigenvalue weighted by atomic mass is 35.5. The van der Waals surface area contributed by atoms with E-state index in [0.29, 0.717) is 11.5 Å². The molecule has 1 aliphatic carbocycles. The number of rotatable bonds is 1. The predicted octanol–water partition coefficient (Wildman–Crippen LogP) is 1.98. The van der Waals surface area contributed by atoms with Crippen molar-refractivity contribution in [2.45, 2.75) is 38.2 Å². The summed E-state index contributed by atoms with van der Waals surface area (Å²) >= 11 is 0. The molecule has 2 rings (SSSR count). The second-order valence-corrected chi connectivity index (χ2v) is 4.26. The molecule has 1 spiro atoms. The molecule has 1 aliphatic heterocycles. The molecule has 2 atom stereocenters. The van der Waals surface area contributed by atoms with Crippen molar-refractivity contribution < 1.29 is 4.74 Å². The third-order valence-electron chi connectivity index (χ3n) is 3.61. The van der Waals surface area contributed by atoms with E-state index in [1.807, 2.05) is 7.11 Å². The van der Waals surface area contributed by atoms with Gasteiger partial charge in [0.15, 0.2) is 0 Å². The highest BCUT2D eigenvalue weighted by molar-refractivity contribution is 5.85. The quantitative estimate of drug-likeness (QED) is 0.707. The first-order valence-corrected chi connectivity index (χ1v) is 5.11. The van der Waals surface area contributed by atoms with Crippen LogP contribution in [0.15, 0.2) is 0 Å². The number of methoxy groups -OCH3 is 1. The van der Waals surface area contributed by atoms with Crippen molar-refractivity contribution in [3.63, 3.8) is 0 Å². The predicted molar refractivity (Wildman–Crippen MR) is 56.4 cm³/mol. The van der Waals surface area contributed by atoms with Gasteiger partial charge in [0.25, 0.3) is 0 Å². The van der Waals surface area contributed by atoms with Gasteiger partial charge in [-0.15, -0.1) is 12.4 Å². The van der Waals surface area contributed by atoms with Crippen LogP contribution in [0.1, 0.15) is 32.1 Å². The highest BCUT2D eigenvalue weighted by Crippen LogP contribution is 2.44. The average Bonchev–Trinajstić information content (AvgIpc) is 2.49. The summed E-state index contributed by atoms with van der Waals surface area (Å²) in [5.41, 5.74) is 0.507. The van der Waals surface area contributed by atoms with Crippen LogP contribution in [-0.2, 0) is 4.74 Å². The van der Waals surface area contributed by atoms with Crippen LogP contribution in [0.5, 0.6) is 0 Å². The molecule has 0 radical (unpaired) electrons. The Morgan fingerprint density at radius 1 is 1.31 bits per heavy atom. The Kier molecular flexibility index (Phi) is 4.02. The third-order valence-corrected chi connectivity index (χ3v) is 3.61. The molecule has 0 aromatic carbocycles. The zero-order valence-corrected chi connectivity index (χ0v) is 9.16. The summed E-state index contributed by atoms with van der Waals surface area (Å²) in [4.78, 5) is 0. The minimum atomic E-state index is 0. The fraction of sp³-hybridized carbons (Fsp3) is 1.00. The smallest absolute Gasteiger partial charge is 0.0639 e. The molecule has 0 bridgehead atoms. The Morgan fingerprint density at radius 2 is 2.08 bits per heavy atom. The molecule has 0 unspecified atom stereocenters. The van der Waals surface area contributed by atoms with Crippen molar-refractivity contribution in [3.8, 4) is 0 Å².